The van der Waals surface area contributed by atoms with Crippen LogP contribution in [0.4, 0.5) is 5.82 Å². The van der Waals surface area contributed by atoms with Gasteiger partial charge in [0.2, 0.25) is 5.91 Å². The van der Waals surface area contributed by atoms with Crippen molar-refractivity contribution in [1.82, 2.24) is 20.1 Å². The molecule has 0 unspecified atom stereocenters. The van der Waals surface area contributed by atoms with E-state index < -0.39 is 5.41 Å². The van der Waals surface area contributed by atoms with Crippen LogP contribution in [0.1, 0.15) is 13.8 Å². The summed E-state index contributed by atoms with van der Waals surface area (Å²) in [6.07, 6.45) is 3.50. The van der Waals surface area contributed by atoms with E-state index in [1.807, 2.05) is 43.0 Å². The van der Waals surface area contributed by atoms with Gasteiger partial charge in [0.1, 0.15) is 0 Å². The Bertz CT molecular complexity index is 712. The molecule has 6 nitrogen and oxygen atoms in total. The van der Waals surface area contributed by atoms with Gasteiger partial charge in [-0.05, 0) is 38.1 Å². The summed E-state index contributed by atoms with van der Waals surface area (Å²) >= 11 is 5.92. The van der Waals surface area contributed by atoms with E-state index in [9.17, 15) is 4.79 Å². The normalized spacial score (nSPS) is 15.3. The molecule has 0 bridgehead atoms. The largest absolute Gasteiger partial charge is 0.352 e. The molecule has 1 fully saturated rings. The topological polar surface area (TPSA) is 62.2 Å². The fourth-order valence-electron chi connectivity index (χ4n) is 2.79. The van der Waals surface area contributed by atoms with Crippen LogP contribution in [0.3, 0.4) is 0 Å². The molecule has 132 valence electrons. The molecule has 3 rings (SSSR count). The van der Waals surface area contributed by atoms with E-state index in [0.29, 0.717) is 19.0 Å². The smallest absolute Gasteiger partial charge is 0.229 e. The van der Waals surface area contributed by atoms with Gasteiger partial charge in [-0.2, -0.15) is 0 Å². The summed E-state index contributed by atoms with van der Waals surface area (Å²) in [5.74, 6) is 1.27. The van der Waals surface area contributed by atoms with Crippen LogP contribution in [0.15, 0.2) is 36.7 Å². The third kappa shape index (κ3) is 3.90. The predicted molar refractivity (Wildman–Crippen MR) is 98.6 cm³/mol. The average Bonchev–Trinajstić information content (AvgIpc) is 2.68. The van der Waals surface area contributed by atoms with Gasteiger partial charge in [0.25, 0.3) is 0 Å². The lowest BCUT2D eigenvalue weighted by Gasteiger charge is -2.38. The van der Waals surface area contributed by atoms with Crippen LogP contribution in [0, 0.1) is 5.41 Å². The van der Waals surface area contributed by atoms with Gasteiger partial charge in [-0.1, -0.05) is 0 Å². The lowest BCUT2D eigenvalue weighted by Crippen LogP contribution is -2.52. The maximum Gasteiger partial charge on any atom is 0.229 e. The van der Waals surface area contributed by atoms with Crippen LogP contribution in [-0.2, 0) is 4.79 Å². The number of aromatic nitrogens is 3. The number of carbonyl (C=O) groups excluding carboxylic acids is 1. The standard InChI is InChI=1S/C18H22ClN5O/c1-18(2,13-19)17(25)24-10-8-23(9-11-24)16-6-5-15(21-22-16)14-4-3-7-20-12-14/h3-7,12H,8-11,13H2,1-2H3. The maximum absolute atomic E-state index is 12.5. The molecular weight excluding hydrogens is 338 g/mol. The summed E-state index contributed by atoms with van der Waals surface area (Å²) in [6, 6.07) is 7.76. The Morgan fingerprint density at radius 3 is 2.48 bits per heavy atom. The first-order chi connectivity index (χ1) is 12.0. The van der Waals surface area contributed by atoms with E-state index >= 15 is 0 Å². The molecule has 7 heteroatoms. The van der Waals surface area contributed by atoms with E-state index in [2.05, 4.69) is 20.1 Å². The summed E-state index contributed by atoms with van der Waals surface area (Å²) in [6.45, 7) is 6.60. The fraction of sp³-hybridized carbons (Fsp3) is 0.444. The van der Waals surface area contributed by atoms with Gasteiger partial charge in [-0.25, -0.2) is 0 Å². The number of piperazine rings is 1. The fourth-order valence-corrected chi connectivity index (χ4v) is 2.90. The van der Waals surface area contributed by atoms with Crippen LogP contribution in [-0.4, -0.2) is 58.0 Å². The zero-order valence-electron chi connectivity index (χ0n) is 14.5. The molecule has 0 saturated carbocycles. The number of pyridine rings is 1. The summed E-state index contributed by atoms with van der Waals surface area (Å²) in [7, 11) is 0. The van der Waals surface area contributed by atoms with Gasteiger partial charge in [-0.3, -0.25) is 9.78 Å². The van der Waals surface area contributed by atoms with Crippen LogP contribution in [0.25, 0.3) is 11.3 Å². The summed E-state index contributed by atoms with van der Waals surface area (Å²) in [4.78, 5) is 20.6. The number of rotatable bonds is 4. The van der Waals surface area contributed by atoms with Crippen LogP contribution >= 0.6 is 11.6 Å². The minimum Gasteiger partial charge on any atom is -0.352 e. The van der Waals surface area contributed by atoms with Crippen LogP contribution in [0.2, 0.25) is 0 Å². The van der Waals surface area contributed by atoms with Crippen molar-refractivity contribution in [3.63, 3.8) is 0 Å². The van der Waals surface area contributed by atoms with Crippen molar-refractivity contribution in [2.24, 2.45) is 5.41 Å². The maximum atomic E-state index is 12.5. The SMILES string of the molecule is CC(C)(CCl)C(=O)N1CCN(c2ccc(-c3cccnc3)nn2)CC1. The van der Waals surface area contributed by atoms with Crippen molar-refractivity contribution in [3.05, 3.63) is 36.7 Å². The monoisotopic (exact) mass is 359 g/mol. The van der Waals surface area contributed by atoms with Gasteiger partial charge < -0.3 is 9.80 Å². The molecule has 2 aromatic heterocycles. The Balaban J connectivity index is 1.63. The van der Waals surface area contributed by atoms with E-state index in [1.165, 1.54) is 0 Å². The van der Waals surface area contributed by atoms with E-state index in [-0.39, 0.29) is 5.91 Å². The molecule has 0 radical (unpaired) electrons. The highest BCUT2D eigenvalue weighted by Crippen LogP contribution is 2.23. The first kappa shape index (κ1) is 17.6. The van der Waals surface area contributed by atoms with Crippen LogP contribution in [0.5, 0.6) is 0 Å². The highest BCUT2D eigenvalue weighted by atomic mass is 35.5. The van der Waals surface area contributed by atoms with Crippen molar-refractivity contribution in [3.8, 4) is 11.3 Å². The summed E-state index contributed by atoms with van der Waals surface area (Å²) in [5.41, 5.74) is 1.23. The number of halogens is 1. The molecule has 0 spiro atoms. The molecular formula is C18H22ClN5O. The third-order valence-corrected chi connectivity index (χ3v) is 5.08. The van der Waals surface area contributed by atoms with Gasteiger partial charge in [0.05, 0.1) is 11.1 Å². The summed E-state index contributed by atoms with van der Waals surface area (Å²) < 4.78 is 0. The number of carbonyl (C=O) groups is 1. The van der Waals surface area contributed by atoms with Gasteiger partial charge in [0, 0.05) is 50.0 Å². The Labute approximate surface area is 152 Å². The first-order valence-corrected chi connectivity index (χ1v) is 8.89. The average molecular weight is 360 g/mol. The Morgan fingerprint density at radius 1 is 1.16 bits per heavy atom. The second-order valence-corrected chi connectivity index (χ2v) is 7.08. The van der Waals surface area contributed by atoms with Crippen molar-refractivity contribution >= 4 is 23.3 Å². The second-order valence-electron chi connectivity index (χ2n) is 6.82. The molecule has 1 saturated heterocycles. The molecule has 0 atom stereocenters. The lowest BCUT2D eigenvalue weighted by atomic mass is 9.94. The number of hydrogen-bond donors (Lipinski definition) is 0. The predicted octanol–water partition coefficient (Wildman–Crippen LogP) is 2.45. The number of hydrogen-bond acceptors (Lipinski definition) is 5. The molecule has 3 heterocycles. The number of amides is 1. The molecule has 0 N–H and O–H groups in total. The minimum absolute atomic E-state index is 0.111. The molecule has 1 aliphatic rings. The molecule has 1 aliphatic heterocycles. The van der Waals surface area contributed by atoms with E-state index in [1.54, 1.807) is 12.4 Å². The molecule has 25 heavy (non-hydrogen) atoms. The zero-order valence-corrected chi connectivity index (χ0v) is 15.3. The van der Waals surface area contributed by atoms with Gasteiger partial charge in [-0.15, -0.1) is 21.8 Å². The van der Waals surface area contributed by atoms with Crippen LogP contribution < -0.4 is 4.90 Å². The lowest BCUT2D eigenvalue weighted by molar-refractivity contribution is -0.139. The first-order valence-electron chi connectivity index (χ1n) is 8.36. The van der Waals surface area contributed by atoms with Crippen molar-refractivity contribution in [2.45, 2.75) is 13.8 Å². The third-order valence-electron chi connectivity index (χ3n) is 4.41. The quantitative estimate of drug-likeness (QED) is 0.785. The molecule has 0 aliphatic carbocycles. The van der Waals surface area contributed by atoms with Gasteiger partial charge >= 0.3 is 0 Å². The number of anilines is 1. The Hall–Kier alpha value is -2.21. The highest BCUT2D eigenvalue weighted by molar-refractivity contribution is 6.19. The molecule has 2 aromatic rings. The van der Waals surface area contributed by atoms with E-state index in [0.717, 1.165) is 30.2 Å². The van der Waals surface area contributed by atoms with Crippen molar-refractivity contribution in [1.29, 1.82) is 0 Å². The van der Waals surface area contributed by atoms with Gasteiger partial charge in [0.15, 0.2) is 5.82 Å². The number of alkyl halides is 1. The molecule has 0 aromatic carbocycles. The summed E-state index contributed by atoms with van der Waals surface area (Å²) in [5, 5.41) is 8.64. The number of nitrogens with zero attached hydrogens (tertiary/aromatic N) is 5. The Morgan fingerprint density at radius 2 is 1.92 bits per heavy atom. The van der Waals surface area contributed by atoms with E-state index in [4.69, 9.17) is 11.6 Å². The molecule has 1 amide bonds. The Kier molecular flexibility index (Phi) is 5.18. The van der Waals surface area contributed by atoms with Crippen molar-refractivity contribution in [2.75, 3.05) is 37.0 Å². The van der Waals surface area contributed by atoms with Crippen molar-refractivity contribution < 1.29 is 4.79 Å². The second kappa shape index (κ2) is 7.35. The zero-order chi connectivity index (χ0) is 17.9. The highest BCUT2D eigenvalue weighted by Gasteiger charge is 2.33. The minimum atomic E-state index is -0.519.